The molecule has 0 bridgehead atoms. The Hall–Kier alpha value is -2.31. The van der Waals surface area contributed by atoms with Crippen molar-refractivity contribution in [3.05, 3.63) is 28.3 Å². The molecule has 1 saturated heterocycles. The van der Waals surface area contributed by atoms with Gasteiger partial charge in [0.05, 0.1) is 4.92 Å². The second-order valence-corrected chi connectivity index (χ2v) is 4.87. The SMILES string of the molecule is CCNc1cccc(N2CCNC(=O)C2CC)c1[N+](=O)[O-]. The summed E-state index contributed by atoms with van der Waals surface area (Å²) in [4.78, 5) is 24.9. The number of nitro groups is 1. The number of carbonyl (C=O) groups is 1. The number of nitrogens with one attached hydrogen (secondary N) is 2. The van der Waals surface area contributed by atoms with Gasteiger partial charge >= 0.3 is 5.69 Å². The molecule has 21 heavy (non-hydrogen) atoms. The molecular formula is C14H20N4O3. The third kappa shape index (κ3) is 2.91. The molecule has 0 spiro atoms. The quantitative estimate of drug-likeness (QED) is 0.637. The van der Waals surface area contributed by atoms with Gasteiger partial charge in [0.1, 0.15) is 17.4 Å². The summed E-state index contributed by atoms with van der Waals surface area (Å²) in [7, 11) is 0. The lowest BCUT2D eigenvalue weighted by atomic mass is 10.1. The second-order valence-electron chi connectivity index (χ2n) is 4.87. The highest BCUT2D eigenvalue weighted by Crippen LogP contribution is 2.37. The smallest absolute Gasteiger partial charge is 0.315 e. The summed E-state index contributed by atoms with van der Waals surface area (Å²) >= 11 is 0. The van der Waals surface area contributed by atoms with Crippen molar-refractivity contribution in [2.45, 2.75) is 26.3 Å². The van der Waals surface area contributed by atoms with Crippen molar-refractivity contribution in [3.63, 3.8) is 0 Å². The summed E-state index contributed by atoms with van der Waals surface area (Å²) in [5.41, 5.74) is 1.02. The summed E-state index contributed by atoms with van der Waals surface area (Å²) in [5, 5.41) is 17.3. The number of benzene rings is 1. The summed E-state index contributed by atoms with van der Waals surface area (Å²) < 4.78 is 0. The van der Waals surface area contributed by atoms with Gasteiger partial charge in [-0.25, -0.2) is 0 Å². The van der Waals surface area contributed by atoms with Gasteiger partial charge in [0.2, 0.25) is 5.91 Å². The molecule has 1 unspecified atom stereocenters. The number of anilines is 2. The van der Waals surface area contributed by atoms with E-state index in [4.69, 9.17) is 0 Å². The van der Waals surface area contributed by atoms with E-state index in [0.29, 0.717) is 37.4 Å². The predicted octanol–water partition coefficient (Wildman–Crippen LogP) is 1.74. The van der Waals surface area contributed by atoms with Gasteiger partial charge in [-0.1, -0.05) is 13.0 Å². The molecule has 114 valence electrons. The van der Waals surface area contributed by atoms with E-state index in [1.54, 1.807) is 18.2 Å². The fraction of sp³-hybridized carbons (Fsp3) is 0.500. The average molecular weight is 292 g/mol. The highest BCUT2D eigenvalue weighted by atomic mass is 16.6. The minimum atomic E-state index is -0.382. The van der Waals surface area contributed by atoms with E-state index in [2.05, 4.69) is 10.6 Å². The third-order valence-corrected chi connectivity index (χ3v) is 3.59. The van der Waals surface area contributed by atoms with Gasteiger partial charge in [0, 0.05) is 19.6 Å². The maximum atomic E-state index is 12.0. The van der Waals surface area contributed by atoms with Crippen molar-refractivity contribution in [2.24, 2.45) is 0 Å². The number of nitrogens with zero attached hydrogens (tertiary/aromatic N) is 2. The van der Waals surface area contributed by atoms with Crippen LogP contribution < -0.4 is 15.5 Å². The fourth-order valence-electron chi connectivity index (χ4n) is 2.70. The molecule has 0 aliphatic carbocycles. The monoisotopic (exact) mass is 292 g/mol. The van der Waals surface area contributed by atoms with Crippen LogP contribution >= 0.6 is 0 Å². The Balaban J connectivity index is 2.49. The molecule has 7 heteroatoms. The molecule has 1 amide bonds. The van der Waals surface area contributed by atoms with E-state index >= 15 is 0 Å². The van der Waals surface area contributed by atoms with Crippen molar-refractivity contribution < 1.29 is 9.72 Å². The van der Waals surface area contributed by atoms with Crippen molar-refractivity contribution >= 4 is 23.0 Å². The maximum Gasteiger partial charge on any atom is 0.315 e. The minimum Gasteiger partial charge on any atom is -0.380 e. The Labute approximate surface area is 123 Å². The topological polar surface area (TPSA) is 87.5 Å². The molecular weight excluding hydrogens is 272 g/mol. The van der Waals surface area contributed by atoms with Crippen LogP contribution in [0.3, 0.4) is 0 Å². The lowest BCUT2D eigenvalue weighted by Crippen LogP contribution is -2.55. The van der Waals surface area contributed by atoms with Gasteiger partial charge in [-0.15, -0.1) is 0 Å². The van der Waals surface area contributed by atoms with Crippen LogP contribution in [0.2, 0.25) is 0 Å². The first-order valence-corrected chi connectivity index (χ1v) is 7.15. The summed E-state index contributed by atoms with van der Waals surface area (Å²) in [6, 6.07) is 4.81. The molecule has 7 nitrogen and oxygen atoms in total. The molecule has 1 fully saturated rings. The number of amides is 1. The predicted molar refractivity (Wildman–Crippen MR) is 81.7 cm³/mol. The zero-order valence-corrected chi connectivity index (χ0v) is 12.3. The minimum absolute atomic E-state index is 0.0347. The first-order chi connectivity index (χ1) is 10.1. The van der Waals surface area contributed by atoms with Gasteiger partial charge in [-0.3, -0.25) is 14.9 Å². The lowest BCUT2D eigenvalue weighted by Gasteiger charge is -2.36. The zero-order chi connectivity index (χ0) is 15.4. The van der Waals surface area contributed by atoms with Crippen molar-refractivity contribution in [3.8, 4) is 0 Å². The number of nitro benzene ring substituents is 1. The van der Waals surface area contributed by atoms with Gasteiger partial charge in [0.25, 0.3) is 0 Å². The molecule has 1 aliphatic rings. The van der Waals surface area contributed by atoms with Crippen LogP contribution in [0.4, 0.5) is 17.1 Å². The third-order valence-electron chi connectivity index (χ3n) is 3.59. The van der Waals surface area contributed by atoms with E-state index in [9.17, 15) is 14.9 Å². The van der Waals surface area contributed by atoms with E-state index in [1.165, 1.54) is 0 Å². The Bertz CT molecular complexity index is 547. The normalized spacial score (nSPS) is 18.3. The van der Waals surface area contributed by atoms with Crippen LogP contribution in [0.5, 0.6) is 0 Å². The van der Waals surface area contributed by atoms with Crippen LogP contribution in [0.1, 0.15) is 20.3 Å². The second kappa shape index (κ2) is 6.43. The van der Waals surface area contributed by atoms with E-state index < -0.39 is 0 Å². The highest BCUT2D eigenvalue weighted by Gasteiger charge is 2.33. The summed E-state index contributed by atoms with van der Waals surface area (Å²) in [6.45, 7) is 5.46. The molecule has 0 saturated carbocycles. The van der Waals surface area contributed by atoms with Crippen LogP contribution in [-0.4, -0.2) is 36.5 Å². The molecule has 1 aromatic carbocycles. The van der Waals surface area contributed by atoms with Gasteiger partial charge < -0.3 is 15.5 Å². The van der Waals surface area contributed by atoms with Crippen LogP contribution in [-0.2, 0) is 4.79 Å². The molecule has 1 aliphatic heterocycles. The lowest BCUT2D eigenvalue weighted by molar-refractivity contribution is -0.383. The standard InChI is InChI=1S/C14H20N4O3/c1-3-11-14(19)16-8-9-17(11)12-7-5-6-10(15-4-2)13(12)18(20)21/h5-7,11,15H,3-4,8-9H2,1-2H3,(H,16,19). The number of carbonyl (C=O) groups excluding carboxylic acids is 1. The van der Waals surface area contributed by atoms with Crippen LogP contribution in [0, 0.1) is 10.1 Å². The number of rotatable bonds is 5. The number of hydrogen-bond acceptors (Lipinski definition) is 5. The van der Waals surface area contributed by atoms with E-state index in [1.807, 2.05) is 18.7 Å². The molecule has 2 rings (SSSR count). The van der Waals surface area contributed by atoms with E-state index in [0.717, 1.165) is 0 Å². The first-order valence-electron chi connectivity index (χ1n) is 7.15. The fourth-order valence-corrected chi connectivity index (χ4v) is 2.70. The molecule has 0 aromatic heterocycles. The molecule has 1 heterocycles. The molecule has 0 radical (unpaired) electrons. The van der Waals surface area contributed by atoms with Crippen molar-refractivity contribution in [1.29, 1.82) is 0 Å². The Morgan fingerprint density at radius 3 is 2.86 bits per heavy atom. The first kappa shape index (κ1) is 15.1. The number of piperazine rings is 1. The van der Waals surface area contributed by atoms with Crippen molar-refractivity contribution in [1.82, 2.24) is 5.32 Å². The van der Waals surface area contributed by atoms with Crippen LogP contribution in [0.25, 0.3) is 0 Å². The van der Waals surface area contributed by atoms with E-state index in [-0.39, 0.29) is 22.6 Å². The van der Waals surface area contributed by atoms with Gasteiger partial charge in [-0.2, -0.15) is 0 Å². The zero-order valence-electron chi connectivity index (χ0n) is 12.3. The Morgan fingerprint density at radius 1 is 1.48 bits per heavy atom. The molecule has 1 aromatic rings. The average Bonchev–Trinajstić information content (AvgIpc) is 2.46. The summed E-state index contributed by atoms with van der Waals surface area (Å²) in [6.07, 6.45) is 0.606. The maximum absolute atomic E-state index is 12.0. The Kier molecular flexibility index (Phi) is 4.62. The Morgan fingerprint density at radius 2 is 2.24 bits per heavy atom. The number of para-hydroxylation sites is 1. The van der Waals surface area contributed by atoms with Gasteiger partial charge in [0.15, 0.2) is 0 Å². The molecule has 1 atom stereocenters. The van der Waals surface area contributed by atoms with Crippen LogP contribution in [0.15, 0.2) is 18.2 Å². The van der Waals surface area contributed by atoms with Crippen molar-refractivity contribution in [2.75, 3.05) is 29.9 Å². The largest absolute Gasteiger partial charge is 0.380 e. The summed E-state index contributed by atoms with van der Waals surface area (Å²) in [5.74, 6) is -0.0769. The highest BCUT2D eigenvalue weighted by molar-refractivity contribution is 5.89. The van der Waals surface area contributed by atoms with Gasteiger partial charge in [-0.05, 0) is 25.5 Å². The number of hydrogen-bond donors (Lipinski definition) is 2. The molecule has 2 N–H and O–H groups in total.